The van der Waals surface area contributed by atoms with Crippen molar-refractivity contribution in [1.29, 1.82) is 0 Å². The molecule has 2 aromatic rings. The number of fused-ring (bicyclic) bond motifs is 1. The van der Waals surface area contributed by atoms with Crippen LogP contribution in [-0.2, 0) is 14.3 Å². The number of rotatable bonds is 5. The van der Waals surface area contributed by atoms with E-state index in [0.29, 0.717) is 22.1 Å². The average molecular weight is 370 g/mol. The van der Waals surface area contributed by atoms with Gasteiger partial charge in [0.2, 0.25) is 11.8 Å². The van der Waals surface area contributed by atoms with E-state index in [2.05, 4.69) is 9.97 Å². The fourth-order valence-corrected chi connectivity index (χ4v) is 3.97. The Balaban J connectivity index is 1.91. The Hall–Kier alpha value is -1.78. The minimum absolute atomic E-state index is 0.127. The molecule has 3 rings (SSSR count). The normalized spacial score (nSPS) is 20.4. The molecule has 2 atom stereocenters. The fraction of sp³-hybridized carbons (Fsp3) is 0.571. The number of ether oxygens (including phenoxy) is 3. The molecule has 2 aromatic heterocycles. The Morgan fingerprint density at radius 1 is 1.50 bits per heavy atom. The number of carbonyl (C=O) groups excluding carboxylic acids is 1. The molecule has 10 heteroatoms. The number of nitrogen functional groups attached to an aromatic ring is 1. The standard InChI is InChI=1S/C14H18N4O4S2/c1-3-20-12-10-11(16-13(15)17-12)18(14(23)24-10)9-5-4-8(22-9)6-21-7(2)19/h8-9H,3-6H2,1-2H3,(H2,15,16,17)/t8-,9+/m0/s1. The summed E-state index contributed by atoms with van der Waals surface area (Å²) >= 11 is 6.84. The van der Waals surface area contributed by atoms with Gasteiger partial charge in [0.1, 0.15) is 17.5 Å². The molecule has 0 saturated carbocycles. The summed E-state index contributed by atoms with van der Waals surface area (Å²) in [6.07, 6.45) is 1.10. The van der Waals surface area contributed by atoms with Gasteiger partial charge in [0.15, 0.2) is 9.60 Å². The summed E-state index contributed by atoms with van der Waals surface area (Å²) in [4.78, 5) is 19.4. The highest BCUT2D eigenvalue weighted by atomic mass is 32.1. The van der Waals surface area contributed by atoms with E-state index in [4.69, 9.17) is 32.2 Å². The Kier molecular flexibility index (Phi) is 4.97. The summed E-state index contributed by atoms with van der Waals surface area (Å²) < 4.78 is 19.7. The Bertz CT molecular complexity index is 819. The summed E-state index contributed by atoms with van der Waals surface area (Å²) in [7, 11) is 0. The van der Waals surface area contributed by atoms with E-state index in [0.717, 1.165) is 17.5 Å². The number of carbonyl (C=O) groups is 1. The van der Waals surface area contributed by atoms with E-state index in [-0.39, 0.29) is 30.9 Å². The van der Waals surface area contributed by atoms with Crippen molar-refractivity contribution in [3.63, 3.8) is 0 Å². The lowest BCUT2D eigenvalue weighted by Crippen LogP contribution is -2.18. The maximum atomic E-state index is 10.9. The number of esters is 1. The first-order valence-corrected chi connectivity index (χ1v) is 8.82. The van der Waals surface area contributed by atoms with Gasteiger partial charge in [-0.2, -0.15) is 9.97 Å². The maximum Gasteiger partial charge on any atom is 0.302 e. The van der Waals surface area contributed by atoms with E-state index in [1.165, 1.54) is 18.3 Å². The van der Waals surface area contributed by atoms with Crippen LogP contribution in [0.15, 0.2) is 0 Å². The Morgan fingerprint density at radius 3 is 3.00 bits per heavy atom. The van der Waals surface area contributed by atoms with Crippen LogP contribution in [0.4, 0.5) is 5.95 Å². The summed E-state index contributed by atoms with van der Waals surface area (Å²) in [5.41, 5.74) is 6.41. The lowest BCUT2D eigenvalue weighted by Gasteiger charge is -2.15. The van der Waals surface area contributed by atoms with Crippen LogP contribution in [0.5, 0.6) is 5.88 Å². The summed E-state index contributed by atoms with van der Waals surface area (Å²) in [5.74, 6) is 0.243. The van der Waals surface area contributed by atoms with Gasteiger partial charge in [-0.15, -0.1) is 0 Å². The second kappa shape index (κ2) is 6.99. The van der Waals surface area contributed by atoms with Crippen molar-refractivity contribution in [3.05, 3.63) is 3.95 Å². The van der Waals surface area contributed by atoms with Gasteiger partial charge in [-0.3, -0.25) is 9.36 Å². The predicted octanol–water partition coefficient (Wildman–Crippen LogP) is 2.44. The third-order valence-corrected chi connectivity index (χ3v) is 4.95. The molecule has 1 aliphatic rings. The lowest BCUT2D eigenvalue weighted by molar-refractivity contribution is -0.145. The molecular weight excluding hydrogens is 352 g/mol. The predicted molar refractivity (Wildman–Crippen MR) is 91.6 cm³/mol. The van der Waals surface area contributed by atoms with Crippen molar-refractivity contribution in [1.82, 2.24) is 14.5 Å². The SMILES string of the molecule is CCOc1nc(N)nc2c1sc(=S)n2[C@H]1CC[C@@H](COC(C)=O)O1. The molecule has 0 radical (unpaired) electrons. The van der Waals surface area contributed by atoms with E-state index < -0.39 is 0 Å². The highest BCUT2D eigenvalue weighted by Gasteiger charge is 2.30. The molecule has 8 nitrogen and oxygen atoms in total. The van der Waals surface area contributed by atoms with Gasteiger partial charge < -0.3 is 19.9 Å². The second-order valence-electron chi connectivity index (χ2n) is 5.30. The second-order valence-corrected chi connectivity index (χ2v) is 6.95. The minimum atomic E-state index is -0.318. The van der Waals surface area contributed by atoms with E-state index in [9.17, 15) is 4.79 Å². The first-order valence-electron chi connectivity index (χ1n) is 7.59. The third-order valence-electron chi connectivity index (χ3n) is 3.57. The van der Waals surface area contributed by atoms with Crippen LogP contribution in [0.3, 0.4) is 0 Å². The molecule has 0 aromatic carbocycles. The Labute approximate surface area is 147 Å². The smallest absolute Gasteiger partial charge is 0.302 e. The largest absolute Gasteiger partial charge is 0.477 e. The van der Waals surface area contributed by atoms with Crippen molar-refractivity contribution in [3.8, 4) is 5.88 Å². The zero-order valence-electron chi connectivity index (χ0n) is 13.4. The Morgan fingerprint density at radius 2 is 2.29 bits per heavy atom. The highest BCUT2D eigenvalue weighted by Crippen LogP contribution is 2.37. The van der Waals surface area contributed by atoms with Gasteiger partial charge in [-0.1, -0.05) is 11.3 Å². The molecule has 2 N–H and O–H groups in total. The third kappa shape index (κ3) is 3.35. The van der Waals surface area contributed by atoms with E-state index in [1.807, 2.05) is 11.5 Å². The number of thiazole rings is 1. The molecule has 3 heterocycles. The maximum absolute atomic E-state index is 10.9. The molecule has 0 aliphatic carbocycles. The molecule has 24 heavy (non-hydrogen) atoms. The monoisotopic (exact) mass is 370 g/mol. The fourth-order valence-electron chi connectivity index (χ4n) is 2.61. The first kappa shape index (κ1) is 17.1. The van der Waals surface area contributed by atoms with Gasteiger partial charge >= 0.3 is 5.97 Å². The van der Waals surface area contributed by atoms with Crippen molar-refractivity contribution in [2.45, 2.75) is 39.0 Å². The van der Waals surface area contributed by atoms with Crippen molar-refractivity contribution in [2.24, 2.45) is 0 Å². The molecule has 1 aliphatic heterocycles. The van der Waals surface area contributed by atoms with Crippen molar-refractivity contribution >= 4 is 45.8 Å². The quantitative estimate of drug-likeness (QED) is 0.632. The number of nitrogens with two attached hydrogens (primary N) is 1. The zero-order chi connectivity index (χ0) is 17.3. The highest BCUT2D eigenvalue weighted by molar-refractivity contribution is 7.73. The van der Waals surface area contributed by atoms with Crippen LogP contribution in [0.1, 0.15) is 32.9 Å². The first-order chi connectivity index (χ1) is 11.5. The summed E-state index contributed by atoms with van der Waals surface area (Å²) in [6.45, 7) is 3.97. The van der Waals surface area contributed by atoms with Crippen molar-refractivity contribution in [2.75, 3.05) is 18.9 Å². The van der Waals surface area contributed by atoms with Gasteiger partial charge in [-0.05, 0) is 32.0 Å². The van der Waals surface area contributed by atoms with E-state index in [1.54, 1.807) is 0 Å². The minimum Gasteiger partial charge on any atom is -0.477 e. The molecule has 0 spiro atoms. The summed E-state index contributed by atoms with van der Waals surface area (Å²) in [5, 5.41) is 0. The van der Waals surface area contributed by atoms with Gasteiger partial charge in [0, 0.05) is 6.92 Å². The topological polar surface area (TPSA) is 101 Å². The van der Waals surface area contributed by atoms with Crippen LogP contribution >= 0.6 is 23.6 Å². The number of anilines is 1. The zero-order valence-corrected chi connectivity index (χ0v) is 15.0. The van der Waals surface area contributed by atoms with Crippen molar-refractivity contribution < 1.29 is 19.0 Å². The molecule has 1 fully saturated rings. The van der Waals surface area contributed by atoms with Gasteiger partial charge in [0.05, 0.1) is 12.7 Å². The lowest BCUT2D eigenvalue weighted by atomic mass is 10.2. The van der Waals surface area contributed by atoms with Crippen LogP contribution in [0.25, 0.3) is 10.3 Å². The molecule has 0 bridgehead atoms. The average Bonchev–Trinajstić information content (AvgIpc) is 3.09. The summed E-state index contributed by atoms with van der Waals surface area (Å²) in [6, 6.07) is 0. The molecule has 0 amide bonds. The van der Waals surface area contributed by atoms with Crippen LogP contribution < -0.4 is 10.5 Å². The van der Waals surface area contributed by atoms with Crippen LogP contribution in [0.2, 0.25) is 0 Å². The molecule has 1 saturated heterocycles. The van der Waals surface area contributed by atoms with Gasteiger partial charge in [0.25, 0.3) is 0 Å². The van der Waals surface area contributed by atoms with Crippen LogP contribution in [0, 0.1) is 3.95 Å². The molecule has 0 unspecified atom stereocenters. The number of aromatic nitrogens is 3. The number of nitrogens with zero attached hydrogens (tertiary/aromatic N) is 3. The molecule has 130 valence electrons. The van der Waals surface area contributed by atoms with Crippen LogP contribution in [-0.4, -0.2) is 39.8 Å². The number of hydrogen-bond donors (Lipinski definition) is 1. The number of hydrogen-bond acceptors (Lipinski definition) is 9. The van der Waals surface area contributed by atoms with E-state index >= 15 is 0 Å². The van der Waals surface area contributed by atoms with Gasteiger partial charge in [-0.25, -0.2) is 0 Å². The molecular formula is C14H18N4O4S2.